The van der Waals surface area contributed by atoms with Gasteiger partial charge in [-0.15, -0.1) is 5.11 Å². The van der Waals surface area contributed by atoms with Crippen molar-refractivity contribution in [2.45, 2.75) is 19.9 Å². The number of hydrogen-bond donors (Lipinski definition) is 1. The largest absolute Gasteiger partial charge is 0.496 e. The molecule has 0 bridgehead atoms. The molecule has 0 aromatic heterocycles. The molecule has 27 heavy (non-hydrogen) atoms. The Morgan fingerprint density at radius 3 is 2.52 bits per heavy atom. The molecule has 1 amide bonds. The normalized spacial score (nSPS) is 11.8. The van der Waals surface area contributed by atoms with Gasteiger partial charge in [0.2, 0.25) is 6.04 Å². The van der Waals surface area contributed by atoms with Gasteiger partial charge in [0.15, 0.2) is 11.5 Å². The zero-order valence-electron chi connectivity index (χ0n) is 15.0. The van der Waals surface area contributed by atoms with Crippen LogP contribution in [0.15, 0.2) is 52.7 Å². The van der Waals surface area contributed by atoms with Crippen molar-refractivity contribution in [3.63, 3.8) is 0 Å². The Morgan fingerprint density at radius 1 is 1.22 bits per heavy atom. The van der Waals surface area contributed by atoms with Crippen LogP contribution in [-0.2, 0) is 9.59 Å². The number of anilines is 1. The van der Waals surface area contributed by atoms with Gasteiger partial charge >= 0.3 is 0 Å². The number of nitrogens with one attached hydrogen (secondary N) is 1. The molecule has 0 fully saturated rings. The first kappa shape index (κ1) is 19.7. The Labute approximate surface area is 155 Å². The van der Waals surface area contributed by atoms with Gasteiger partial charge in [-0.2, -0.15) is 5.11 Å². The van der Waals surface area contributed by atoms with Gasteiger partial charge in [0, 0.05) is 5.69 Å². The van der Waals surface area contributed by atoms with E-state index < -0.39 is 22.7 Å². The van der Waals surface area contributed by atoms with Crippen LogP contribution in [0.3, 0.4) is 0 Å². The first-order valence-corrected chi connectivity index (χ1v) is 7.93. The molecule has 0 radical (unpaired) electrons. The number of carbonyl (C=O) groups is 2. The minimum absolute atomic E-state index is 0.0873. The van der Waals surface area contributed by atoms with Crippen molar-refractivity contribution < 1.29 is 19.2 Å². The maximum absolute atomic E-state index is 12.4. The number of amides is 1. The predicted molar refractivity (Wildman–Crippen MR) is 98.4 cm³/mol. The molecule has 0 saturated carbocycles. The van der Waals surface area contributed by atoms with E-state index in [0.717, 1.165) is 5.56 Å². The monoisotopic (exact) mass is 370 g/mol. The van der Waals surface area contributed by atoms with Crippen LogP contribution >= 0.6 is 0 Å². The van der Waals surface area contributed by atoms with Crippen LogP contribution in [0, 0.1) is 17.0 Å². The first-order valence-electron chi connectivity index (χ1n) is 7.93. The van der Waals surface area contributed by atoms with Crippen molar-refractivity contribution >= 4 is 28.8 Å². The highest BCUT2D eigenvalue weighted by atomic mass is 16.6. The number of nitrogens with zero attached hydrogens (tertiary/aromatic N) is 3. The summed E-state index contributed by atoms with van der Waals surface area (Å²) in [6.07, 6.45) is 0. The van der Waals surface area contributed by atoms with E-state index in [9.17, 15) is 19.7 Å². The van der Waals surface area contributed by atoms with Crippen molar-refractivity contribution in [3.8, 4) is 5.75 Å². The Bertz CT molecular complexity index is 910. The number of Topliss-reactive ketones (excluding diaryl/α,β-unsaturated/α-hetero) is 1. The molecule has 140 valence electrons. The van der Waals surface area contributed by atoms with E-state index in [1.807, 2.05) is 6.07 Å². The highest BCUT2D eigenvalue weighted by molar-refractivity contribution is 6.10. The summed E-state index contributed by atoms with van der Waals surface area (Å²) >= 11 is 0. The second-order valence-electron chi connectivity index (χ2n) is 5.64. The molecule has 0 saturated heterocycles. The van der Waals surface area contributed by atoms with Gasteiger partial charge in [-0.05, 0) is 37.6 Å². The summed E-state index contributed by atoms with van der Waals surface area (Å²) in [5, 5.41) is 21.3. The maximum atomic E-state index is 12.4. The number of rotatable bonds is 7. The SMILES string of the molecule is COc1ccc(N=N[C@H](C(C)=O)C(=O)Nc2ccccc2C)c([N+](=O)[O-])c1. The fourth-order valence-corrected chi connectivity index (χ4v) is 2.21. The van der Waals surface area contributed by atoms with Crippen molar-refractivity contribution in [1.82, 2.24) is 0 Å². The van der Waals surface area contributed by atoms with Crippen LogP contribution in [0.25, 0.3) is 0 Å². The molecular weight excluding hydrogens is 352 g/mol. The lowest BCUT2D eigenvalue weighted by molar-refractivity contribution is -0.384. The molecule has 0 aliphatic carbocycles. The lowest BCUT2D eigenvalue weighted by atomic mass is 10.1. The summed E-state index contributed by atoms with van der Waals surface area (Å²) in [6, 6.07) is 9.62. The highest BCUT2D eigenvalue weighted by Crippen LogP contribution is 2.31. The van der Waals surface area contributed by atoms with Crippen molar-refractivity contribution in [2.75, 3.05) is 12.4 Å². The summed E-state index contributed by atoms with van der Waals surface area (Å²) in [5.74, 6) is -0.932. The molecule has 1 N–H and O–H groups in total. The lowest BCUT2D eigenvalue weighted by Gasteiger charge is -2.11. The molecule has 2 aromatic carbocycles. The molecule has 0 aliphatic rings. The summed E-state index contributed by atoms with van der Waals surface area (Å²) in [7, 11) is 1.38. The smallest absolute Gasteiger partial charge is 0.300 e. The third-order valence-corrected chi connectivity index (χ3v) is 3.70. The topological polar surface area (TPSA) is 123 Å². The van der Waals surface area contributed by atoms with Gasteiger partial charge < -0.3 is 10.1 Å². The molecule has 0 aliphatic heterocycles. The van der Waals surface area contributed by atoms with Gasteiger partial charge in [0.05, 0.1) is 18.1 Å². The minimum Gasteiger partial charge on any atom is -0.496 e. The number of benzene rings is 2. The predicted octanol–water partition coefficient (Wildman–Crippen LogP) is 3.59. The molecule has 2 rings (SSSR count). The van der Waals surface area contributed by atoms with Crippen LogP contribution in [0.4, 0.5) is 17.1 Å². The zero-order chi connectivity index (χ0) is 20.0. The van der Waals surface area contributed by atoms with Crippen LogP contribution in [-0.4, -0.2) is 29.8 Å². The van der Waals surface area contributed by atoms with Gasteiger partial charge in [-0.3, -0.25) is 19.7 Å². The Morgan fingerprint density at radius 2 is 1.93 bits per heavy atom. The quantitative estimate of drug-likeness (QED) is 0.345. The summed E-state index contributed by atoms with van der Waals surface area (Å²) in [6.45, 7) is 3.00. The molecule has 9 nitrogen and oxygen atoms in total. The molecule has 1 atom stereocenters. The van der Waals surface area contributed by atoms with Crippen molar-refractivity contribution in [2.24, 2.45) is 10.2 Å². The maximum Gasteiger partial charge on any atom is 0.300 e. The van der Waals surface area contributed by atoms with Gasteiger partial charge in [-0.1, -0.05) is 18.2 Å². The van der Waals surface area contributed by atoms with Gasteiger partial charge in [0.1, 0.15) is 5.75 Å². The Hall–Kier alpha value is -3.62. The van der Waals surface area contributed by atoms with E-state index in [-0.39, 0.29) is 17.1 Å². The van der Waals surface area contributed by atoms with E-state index >= 15 is 0 Å². The summed E-state index contributed by atoms with van der Waals surface area (Å²) in [5.41, 5.74) is 0.922. The first-order chi connectivity index (χ1) is 12.8. The van der Waals surface area contributed by atoms with E-state index in [1.54, 1.807) is 25.1 Å². The van der Waals surface area contributed by atoms with E-state index in [2.05, 4.69) is 15.5 Å². The molecule has 0 heterocycles. The summed E-state index contributed by atoms with van der Waals surface area (Å²) in [4.78, 5) is 34.8. The fraction of sp³-hybridized carbons (Fsp3) is 0.222. The van der Waals surface area contributed by atoms with E-state index in [4.69, 9.17) is 4.74 Å². The molecule has 0 spiro atoms. The third-order valence-electron chi connectivity index (χ3n) is 3.70. The number of methoxy groups -OCH3 is 1. The van der Waals surface area contributed by atoms with Crippen LogP contribution in [0.1, 0.15) is 12.5 Å². The van der Waals surface area contributed by atoms with Crippen molar-refractivity contribution in [3.05, 3.63) is 58.1 Å². The number of ketones is 1. The number of para-hydroxylation sites is 1. The standard InChI is InChI=1S/C18H18N4O5/c1-11-6-4-5-7-14(11)19-18(24)17(12(2)23)21-20-15-9-8-13(27-3)10-16(15)22(25)26/h4-10,17H,1-3H3,(H,19,24)/t17-/m1/s1. The molecule has 9 heteroatoms. The van der Waals surface area contributed by atoms with Crippen molar-refractivity contribution in [1.29, 1.82) is 0 Å². The number of aryl methyl sites for hydroxylation is 1. The fourth-order valence-electron chi connectivity index (χ4n) is 2.21. The minimum atomic E-state index is -1.42. The van der Waals surface area contributed by atoms with Crippen LogP contribution < -0.4 is 10.1 Å². The number of nitro benzene ring substituents is 1. The highest BCUT2D eigenvalue weighted by Gasteiger charge is 2.24. The van der Waals surface area contributed by atoms with Crippen LogP contribution in [0.2, 0.25) is 0 Å². The number of nitro groups is 1. The second kappa shape index (κ2) is 8.65. The molecule has 0 unspecified atom stereocenters. The molecule has 2 aromatic rings. The Balaban J connectivity index is 2.28. The third kappa shape index (κ3) is 4.94. The Kier molecular flexibility index (Phi) is 6.32. The number of ether oxygens (including phenoxy) is 1. The number of azo groups is 1. The number of hydrogen-bond acceptors (Lipinski definition) is 7. The summed E-state index contributed by atoms with van der Waals surface area (Å²) < 4.78 is 4.94. The second-order valence-corrected chi connectivity index (χ2v) is 5.64. The molecular formula is C18H18N4O5. The van der Waals surface area contributed by atoms with Gasteiger partial charge in [0.25, 0.3) is 11.6 Å². The van der Waals surface area contributed by atoms with Crippen LogP contribution in [0.5, 0.6) is 5.75 Å². The average molecular weight is 370 g/mol. The van der Waals surface area contributed by atoms with E-state index in [0.29, 0.717) is 5.69 Å². The number of carbonyl (C=O) groups excluding carboxylic acids is 2. The van der Waals surface area contributed by atoms with E-state index in [1.165, 1.54) is 32.2 Å². The average Bonchev–Trinajstić information content (AvgIpc) is 2.63. The van der Waals surface area contributed by atoms with Gasteiger partial charge in [-0.25, -0.2) is 0 Å². The zero-order valence-corrected chi connectivity index (χ0v) is 15.0. The lowest BCUT2D eigenvalue weighted by Crippen LogP contribution is -2.32.